The first kappa shape index (κ1) is 15.0. The lowest BCUT2D eigenvalue weighted by atomic mass is 10.1. The third kappa shape index (κ3) is 5.52. The molecule has 0 heterocycles. The first-order valence-electron chi connectivity index (χ1n) is 6.25. The van der Waals surface area contributed by atoms with E-state index in [9.17, 15) is 4.79 Å². The van der Waals surface area contributed by atoms with Crippen LogP contribution in [0.4, 0.5) is 0 Å². The largest absolute Gasteiger partial charge is 0.466 e. The van der Waals surface area contributed by atoms with E-state index in [1.54, 1.807) is 0 Å². The Morgan fingerprint density at radius 3 is 2.67 bits per heavy atom. The van der Waals surface area contributed by atoms with E-state index in [-0.39, 0.29) is 11.9 Å². The summed E-state index contributed by atoms with van der Waals surface area (Å²) in [5.74, 6) is -0.244. The van der Waals surface area contributed by atoms with Crippen LogP contribution >= 0.6 is 11.6 Å². The van der Waals surface area contributed by atoms with Crippen LogP contribution in [0.5, 0.6) is 0 Å². The van der Waals surface area contributed by atoms with Gasteiger partial charge in [-0.15, -0.1) is 0 Å². The molecule has 1 rings (SSSR count). The molecule has 1 unspecified atom stereocenters. The van der Waals surface area contributed by atoms with E-state index in [0.29, 0.717) is 13.2 Å². The first-order chi connectivity index (χ1) is 8.63. The van der Waals surface area contributed by atoms with Crippen LogP contribution in [-0.4, -0.2) is 25.7 Å². The normalized spacial score (nSPS) is 12.2. The second-order valence-corrected chi connectivity index (χ2v) is 4.67. The molecule has 100 valence electrons. The number of halogens is 1. The highest BCUT2D eigenvalue weighted by atomic mass is 35.5. The fourth-order valence-electron chi connectivity index (χ4n) is 1.57. The SMILES string of the molecule is CCOC(=O)C(C)CNCCc1ccc(Cl)cc1. The van der Waals surface area contributed by atoms with Crippen LogP contribution in [0, 0.1) is 5.92 Å². The molecule has 0 amide bonds. The van der Waals surface area contributed by atoms with Gasteiger partial charge in [0, 0.05) is 11.6 Å². The van der Waals surface area contributed by atoms with Crippen LogP contribution in [0.1, 0.15) is 19.4 Å². The van der Waals surface area contributed by atoms with Crippen molar-refractivity contribution in [1.82, 2.24) is 5.32 Å². The van der Waals surface area contributed by atoms with Gasteiger partial charge < -0.3 is 10.1 Å². The molecule has 0 spiro atoms. The predicted molar refractivity (Wildman–Crippen MR) is 73.8 cm³/mol. The van der Waals surface area contributed by atoms with Crippen LogP contribution in [0.25, 0.3) is 0 Å². The average molecular weight is 270 g/mol. The standard InChI is InChI=1S/C14H20ClNO2/c1-3-18-14(17)11(2)10-16-9-8-12-4-6-13(15)7-5-12/h4-7,11,16H,3,8-10H2,1-2H3. The monoisotopic (exact) mass is 269 g/mol. The summed E-state index contributed by atoms with van der Waals surface area (Å²) in [5, 5.41) is 4.01. The Labute approximate surface area is 113 Å². The lowest BCUT2D eigenvalue weighted by Crippen LogP contribution is -2.29. The minimum absolute atomic E-state index is 0.102. The molecule has 0 saturated heterocycles. The lowest BCUT2D eigenvalue weighted by molar-refractivity contribution is -0.147. The molecule has 0 bridgehead atoms. The van der Waals surface area contributed by atoms with Crippen molar-refractivity contribution in [3.8, 4) is 0 Å². The second kappa shape index (κ2) is 8.11. The topological polar surface area (TPSA) is 38.3 Å². The van der Waals surface area contributed by atoms with Crippen molar-refractivity contribution in [3.63, 3.8) is 0 Å². The molecule has 1 aromatic rings. The molecule has 0 radical (unpaired) electrons. The predicted octanol–water partition coefficient (Wildman–Crippen LogP) is 2.67. The van der Waals surface area contributed by atoms with Gasteiger partial charge in [0.05, 0.1) is 12.5 Å². The molecule has 0 fully saturated rings. The third-order valence-electron chi connectivity index (χ3n) is 2.64. The van der Waals surface area contributed by atoms with E-state index in [2.05, 4.69) is 5.32 Å². The van der Waals surface area contributed by atoms with Crippen molar-refractivity contribution in [2.45, 2.75) is 20.3 Å². The van der Waals surface area contributed by atoms with Crippen molar-refractivity contribution in [2.24, 2.45) is 5.92 Å². The van der Waals surface area contributed by atoms with E-state index in [1.165, 1.54) is 5.56 Å². The minimum Gasteiger partial charge on any atom is -0.466 e. The lowest BCUT2D eigenvalue weighted by Gasteiger charge is -2.11. The Bertz CT molecular complexity index is 365. The molecule has 18 heavy (non-hydrogen) atoms. The first-order valence-corrected chi connectivity index (χ1v) is 6.63. The maximum Gasteiger partial charge on any atom is 0.309 e. The molecule has 1 aromatic carbocycles. The zero-order chi connectivity index (χ0) is 13.4. The summed E-state index contributed by atoms with van der Waals surface area (Å²) in [7, 11) is 0. The van der Waals surface area contributed by atoms with Gasteiger partial charge in [0.2, 0.25) is 0 Å². The van der Waals surface area contributed by atoms with Crippen molar-refractivity contribution in [1.29, 1.82) is 0 Å². The molecule has 0 saturated carbocycles. The van der Waals surface area contributed by atoms with Gasteiger partial charge in [-0.05, 0) is 37.6 Å². The van der Waals surface area contributed by atoms with Crippen molar-refractivity contribution in [2.75, 3.05) is 19.7 Å². The number of carbonyl (C=O) groups is 1. The number of hydrogen-bond acceptors (Lipinski definition) is 3. The average Bonchev–Trinajstić information content (AvgIpc) is 2.36. The summed E-state index contributed by atoms with van der Waals surface area (Å²) in [4.78, 5) is 11.4. The minimum atomic E-state index is -0.142. The zero-order valence-corrected chi connectivity index (χ0v) is 11.7. The summed E-state index contributed by atoms with van der Waals surface area (Å²) in [6.07, 6.45) is 0.923. The van der Waals surface area contributed by atoms with Crippen LogP contribution in [0.3, 0.4) is 0 Å². The van der Waals surface area contributed by atoms with Gasteiger partial charge in [-0.1, -0.05) is 30.7 Å². The summed E-state index contributed by atoms with van der Waals surface area (Å²) < 4.78 is 4.94. The Hall–Kier alpha value is -1.06. The maximum absolute atomic E-state index is 11.4. The fraction of sp³-hybridized carbons (Fsp3) is 0.500. The van der Waals surface area contributed by atoms with Crippen molar-refractivity contribution in [3.05, 3.63) is 34.9 Å². The molecular weight excluding hydrogens is 250 g/mol. The van der Waals surface area contributed by atoms with Crippen molar-refractivity contribution >= 4 is 17.6 Å². The second-order valence-electron chi connectivity index (χ2n) is 4.23. The van der Waals surface area contributed by atoms with Gasteiger partial charge in [-0.3, -0.25) is 4.79 Å². The van der Waals surface area contributed by atoms with Crippen LogP contribution in [0.2, 0.25) is 5.02 Å². The van der Waals surface area contributed by atoms with Crippen LogP contribution < -0.4 is 5.32 Å². The van der Waals surface area contributed by atoms with Gasteiger partial charge in [-0.2, -0.15) is 0 Å². The summed E-state index contributed by atoms with van der Waals surface area (Å²) >= 11 is 5.81. The summed E-state index contributed by atoms with van der Waals surface area (Å²) in [6.45, 7) is 5.61. The molecule has 0 aliphatic heterocycles. The quantitative estimate of drug-likeness (QED) is 0.611. The Kier molecular flexibility index (Phi) is 6.76. The van der Waals surface area contributed by atoms with E-state index in [0.717, 1.165) is 18.0 Å². The van der Waals surface area contributed by atoms with Gasteiger partial charge in [0.15, 0.2) is 0 Å². The maximum atomic E-state index is 11.4. The Morgan fingerprint density at radius 2 is 2.06 bits per heavy atom. The van der Waals surface area contributed by atoms with E-state index in [4.69, 9.17) is 16.3 Å². The van der Waals surface area contributed by atoms with E-state index < -0.39 is 0 Å². The number of ether oxygens (including phenoxy) is 1. The molecule has 1 N–H and O–H groups in total. The van der Waals surface area contributed by atoms with Gasteiger partial charge in [-0.25, -0.2) is 0 Å². The highest BCUT2D eigenvalue weighted by molar-refractivity contribution is 6.30. The molecule has 0 aromatic heterocycles. The van der Waals surface area contributed by atoms with Gasteiger partial charge in [0.25, 0.3) is 0 Å². The number of hydrogen-bond donors (Lipinski definition) is 1. The molecule has 3 nitrogen and oxygen atoms in total. The molecular formula is C14H20ClNO2. The molecule has 0 aliphatic carbocycles. The van der Waals surface area contributed by atoms with Gasteiger partial charge >= 0.3 is 5.97 Å². The fourth-order valence-corrected chi connectivity index (χ4v) is 1.70. The summed E-state index contributed by atoms with van der Waals surface area (Å²) in [6, 6.07) is 7.80. The number of carbonyl (C=O) groups excluding carboxylic acids is 1. The number of benzene rings is 1. The van der Waals surface area contributed by atoms with E-state index >= 15 is 0 Å². The highest BCUT2D eigenvalue weighted by Gasteiger charge is 2.12. The number of rotatable bonds is 7. The zero-order valence-electron chi connectivity index (χ0n) is 10.9. The van der Waals surface area contributed by atoms with Gasteiger partial charge in [0.1, 0.15) is 0 Å². The van der Waals surface area contributed by atoms with Crippen LogP contribution in [-0.2, 0) is 16.0 Å². The molecule has 0 aliphatic rings. The van der Waals surface area contributed by atoms with Crippen molar-refractivity contribution < 1.29 is 9.53 Å². The van der Waals surface area contributed by atoms with E-state index in [1.807, 2.05) is 38.1 Å². The summed E-state index contributed by atoms with van der Waals surface area (Å²) in [5.41, 5.74) is 1.23. The smallest absolute Gasteiger partial charge is 0.309 e. The number of esters is 1. The molecule has 4 heteroatoms. The Balaban J connectivity index is 2.18. The Morgan fingerprint density at radius 1 is 1.39 bits per heavy atom. The number of nitrogens with one attached hydrogen (secondary N) is 1. The third-order valence-corrected chi connectivity index (χ3v) is 2.90. The molecule has 1 atom stereocenters. The highest BCUT2D eigenvalue weighted by Crippen LogP contribution is 2.09. The van der Waals surface area contributed by atoms with Crippen LogP contribution in [0.15, 0.2) is 24.3 Å².